The Kier molecular flexibility index (Phi) is 7.49. The van der Waals surface area contributed by atoms with Crippen molar-refractivity contribution in [2.45, 2.75) is 59.2 Å². The molecule has 2 aromatic carbocycles. The smallest absolute Gasteiger partial charge is 0.185 e. The lowest BCUT2D eigenvalue weighted by Crippen LogP contribution is -2.18. The molecule has 4 heteroatoms. The van der Waals surface area contributed by atoms with Gasteiger partial charge in [0, 0.05) is 33.9 Å². The molecule has 0 amide bonds. The van der Waals surface area contributed by atoms with Crippen LogP contribution >= 0.6 is 0 Å². The first-order valence-corrected chi connectivity index (χ1v) is 10.3. The summed E-state index contributed by atoms with van der Waals surface area (Å²) in [7, 11) is 0. The number of anilines is 1. The monoisotopic (exact) mass is 407 g/mol. The van der Waals surface area contributed by atoms with E-state index in [1.165, 1.54) is 0 Å². The number of carbonyl (C=O) groups excluding carboxylic acids is 1. The number of ketones is 1. The molecule has 0 aromatic heterocycles. The van der Waals surface area contributed by atoms with Crippen LogP contribution in [0.1, 0.15) is 63.0 Å². The minimum atomic E-state index is -0.315. The van der Waals surface area contributed by atoms with Gasteiger partial charge in [-0.1, -0.05) is 19.9 Å². The van der Waals surface area contributed by atoms with Crippen molar-refractivity contribution in [2.24, 2.45) is 0 Å². The van der Waals surface area contributed by atoms with Crippen molar-refractivity contribution in [3.8, 4) is 11.5 Å². The van der Waals surface area contributed by atoms with Gasteiger partial charge in [0.1, 0.15) is 11.5 Å². The standard InChI is InChI=1S/C26H33NO3/c1-8-26(6,7)22-15-20(11-14-23(28)19-9-12-21(27)13-10-19)24(29-17(2)3)16-25(22)30-18(4)5/h8-18H,1,27H2,2-7H3. The molecule has 30 heavy (non-hydrogen) atoms. The van der Waals surface area contributed by atoms with Gasteiger partial charge >= 0.3 is 0 Å². The quantitative estimate of drug-likeness (QED) is 0.233. The minimum Gasteiger partial charge on any atom is -0.491 e. The third kappa shape index (κ3) is 5.99. The van der Waals surface area contributed by atoms with Crippen molar-refractivity contribution < 1.29 is 14.3 Å². The van der Waals surface area contributed by atoms with Crippen LogP contribution in [0.2, 0.25) is 0 Å². The number of carbonyl (C=O) groups is 1. The predicted molar refractivity (Wildman–Crippen MR) is 125 cm³/mol. The summed E-state index contributed by atoms with van der Waals surface area (Å²) < 4.78 is 12.1. The summed E-state index contributed by atoms with van der Waals surface area (Å²) in [4.78, 5) is 12.6. The molecule has 0 saturated heterocycles. The van der Waals surface area contributed by atoms with Gasteiger partial charge in [0.05, 0.1) is 12.2 Å². The first kappa shape index (κ1) is 23.3. The third-order valence-electron chi connectivity index (χ3n) is 4.65. The van der Waals surface area contributed by atoms with E-state index in [4.69, 9.17) is 15.2 Å². The van der Waals surface area contributed by atoms with E-state index in [1.807, 2.05) is 45.9 Å². The molecule has 0 spiro atoms. The zero-order chi connectivity index (χ0) is 22.5. The molecule has 0 bridgehead atoms. The van der Waals surface area contributed by atoms with Crippen LogP contribution in [-0.2, 0) is 5.41 Å². The van der Waals surface area contributed by atoms with Gasteiger partial charge in [-0.2, -0.15) is 0 Å². The molecular formula is C26H33NO3. The van der Waals surface area contributed by atoms with E-state index in [0.29, 0.717) is 17.0 Å². The van der Waals surface area contributed by atoms with E-state index >= 15 is 0 Å². The maximum Gasteiger partial charge on any atom is 0.185 e. The van der Waals surface area contributed by atoms with E-state index in [9.17, 15) is 4.79 Å². The maximum absolute atomic E-state index is 12.6. The van der Waals surface area contributed by atoms with E-state index in [2.05, 4.69) is 20.4 Å². The summed E-state index contributed by atoms with van der Waals surface area (Å²) in [5, 5.41) is 0. The SMILES string of the molecule is C=CC(C)(C)c1cc(C=CC(=O)c2ccc(N)cc2)c(OC(C)C)cc1OC(C)C. The van der Waals surface area contributed by atoms with E-state index < -0.39 is 0 Å². The minimum absolute atomic E-state index is 0.0183. The summed E-state index contributed by atoms with van der Waals surface area (Å²) >= 11 is 0. The molecule has 160 valence electrons. The highest BCUT2D eigenvalue weighted by molar-refractivity contribution is 6.07. The van der Waals surface area contributed by atoms with Gasteiger partial charge in [-0.15, -0.1) is 6.58 Å². The second-order valence-electron chi connectivity index (χ2n) is 8.46. The van der Waals surface area contributed by atoms with Crippen molar-refractivity contribution in [3.05, 3.63) is 71.8 Å². The first-order valence-electron chi connectivity index (χ1n) is 10.3. The van der Waals surface area contributed by atoms with Gasteiger partial charge in [-0.3, -0.25) is 4.79 Å². The van der Waals surface area contributed by atoms with Crippen LogP contribution in [0, 0.1) is 0 Å². The number of allylic oxidation sites excluding steroid dienone is 2. The summed E-state index contributed by atoms with van der Waals surface area (Å²) in [6, 6.07) is 10.8. The zero-order valence-corrected chi connectivity index (χ0v) is 18.9. The molecule has 0 saturated carbocycles. The lowest BCUT2D eigenvalue weighted by Gasteiger charge is -2.27. The molecule has 0 heterocycles. The van der Waals surface area contributed by atoms with Gasteiger partial charge in [-0.25, -0.2) is 0 Å². The number of hydrogen-bond donors (Lipinski definition) is 1. The highest BCUT2D eigenvalue weighted by Crippen LogP contribution is 2.39. The molecule has 2 N–H and O–H groups in total. The van der Waals surface area contributed by atoms with Crippen molar-refractivity contribution in [1.29, 1.82) is 0 Å². The molecule has 0 atom stereocenters. The van der Waals surface area contributed by atoms with Crippen LogP contribution < -0.4 is 15.2 Å². The molecular weight excluding hydrogens is 374 g/mol. The lowest BCUT2D eigenvalue weighted by molar-refractivity contribution is 0.104. The highest BCUT2D eigenvalue weighted by atomic mass is 16.5. The van der Waals surface area contributed by atoms with Crippen LogP contribution in [0.4, 0.5) is 5.69 Å². The molecule has 0 radical (unpaired) electrons. The fourth-order valence-corrected chi connectivity index (χ4v) is 2.94. The van der Waals surface area contributed by atoms with Crippen LogP contribution in [0.5, 0.6) is 11.5 Å². The Balaban J connectivity index is 2.54. The molecule has 2 rings (SSSR count). The second kappa shape index (κ2) is 9.66. The van der Waals surface area contributed by atoms with E-state index in [0.717, 1.165) is 16.9 Å². The summed E-state index contributed by atoms with van der Waals surface area (Å²) in [5.74, 6) is 1.33. The summed E-state index contributed by atoms with van der Waals surface area (Å²) in [6.07, 6.45) is 5.24. The van der Waals surface area contributed by atoms with E-state index in [1.54, 1.807) is 36.4 Å². The van der Waals surface area contributed by atoms with Crippen molar-refractivity contribution >= 4 is 17.5 Å². The van der Waals surface area contributed by atoms with Crippen LogP contribution in [0.15, 0.2) is 55.1 Å². The average Bonchev–Trinajstić information content (AvgIpc) is 2.66. The fourth-order valence-electron chi connectivity index (χ4n) is 2.94. The van der Waals surface area contributed by atoms with Crippen LogP contribution in [-0.4, -0.2) is 18.0 Å². The van der Waals surface area contributed by atoms with Gasteiger partial charge in [0.2, 0.25) is 0 Å². The Hall–Kier alpha value is -3.01. The van der Waals surface area contributed by atoms with Crippen molar-refractivity contribution in [1.82, 2.24) is 0 Å². The average molecular weight is 408 g/mol. The van der Waals surface area contributed by atoms with Crippen molar-refractivity contribution in [2.75, 3.05) is 5.73 Å². The van der Waals surface area contributed by atoms with E-state index in [-0.39, 0.29) is 23.4 Å². The second-order valence-corrected chi connectivity index (χ2v) is 8.46. The highest BCUT2D eigenvalue weighted by Gasteiger charge is 2.24. The molecule has 2 aromatic rings. The number of benzene rings is 2. The van der Waals surface area contributed by atoms with Gasteiger partial charge < -0.3 is 15.2 Å². The normalized spacial score (nSPS) is 11.9. The van der Waals surface area contributed by atoms with Gasteiger partial charge in [-0.05, 0) is 70.2 Å². The zero-order valence-electron chi connectivity index (χ0n) is 18.9. The first-order chi connectivity index (χ1) is 14.0. The number of rotatable bonds is 9. The lowest BCUT2D eigenvalue weighted by atomic mass is 9.83. The third-order valence-corrected chi connectivity index (χ3v) is 4.65. The summed E-state index contributed by atoms with van der Waals surface area (Å²) in [6.45, 7) is 16.1. The van der Waals surface area contributed by atoms with Crippen LogP contribution in [0.3, 0.4) is 0 Å². The van der Waals surface area contributed by atoms with Gasteiger partial charge in [0.15, 0.2) is 5.78 Å². The molecule has 0 aliphatic heterocycles. The van der Waals surface area contributed by atoms with Crippen LogP contribution in [0.25, 0.3) is 6.08 Å². The Morgan fingerprint density at radius 2 is 1.57 bits per heavy atom. The Morgan fingerprint density at radius 1 is 1.00 bits per heavy atom. The number of nitrogen functional groups attached to an aromatic ring is 1. The molecule has 0 aliphatic carbocycles. The molecule has 0 unspecified atom stereocenters. The summed E-state index contributed by atoms with van der Waals surface area (Å²) in [5.41, 5.74) is 8.40. The molecule has 0 aliphatic rings. The predicted octanol–water partition coefficient (Wildman–Crippen LogP) is 6.20. The maximum atomic E-state index is 12.6. The number of nitrogens with two attached hydrogens (primary N) is 1. The Morgan fingerprint density at radius 3 is 2.10 bits per heavy atom. The van der Waals surface area contributed by atoms with Gasteiger partial charge in [0.25, 0.3) is 0 Å². The molecule has 4 nitrogen and oxygen atoms in total. The Labute approximate surface area is 180 Å². The number of ether oxygens (including phenoxy) is 2. The molecule has 0 fully saturated rings. The Bertz CT molecular complexity index is 922. The fraction of sp³-hybridized carbons (Fsp3) is 0.346. The number of hydrogen-bond acceptors (Lipinski definition) is 4. The van der Waals surface area contributed by atoms with Crippen molar-refractivity contribution in [3.63, 3.8) is 0 Å². The largest absolute Gasteiger partial charge is 0.491 e. The topological polar surface area (TPSA) is 61.6 Å².